The van der Waals surface area contributed by atoms with Gasteiger partial charge in [0.25, 0.3) is 5.69 Å². The van der Waals surface area contributed by atoms with Crippen LogP contribution in [0.3, 0.4) is 0 Å². The van der Waals surface area contributed by atoms with Crippen molar-refractivity contribution in [2.45, 2.75) is 6.42 Å². The monoisotopic (exact) mass is 404 g/mol. The summed E-state index contributed by atoms with van der Waals surface area (Å²) in [7, 11) is 0. The molecule has 0 bridgehead atoms. The number of hydrogen-bond donors (Lipinski definition) is 0. The minimum Gasteiger partial charge on any atom is -0.493 e. The molecule has 0 aliphatic carbocycles. The number of hydrogen-bond acceptors (Lipinski definition) is 7. The number of carbonyl (C=O) groups excluding carboxylic acids is 1. The minimum absolute atomic E-state index is 0.0886. The van der Waals surface area contributed by atoms with Crippen molar-refractivity contribution < 1.29 is 28.3 Å². The molecule has 0 spiro atoms. The van der Waals surface area contributed by atoms with E-state index >= 15 is 0 Å². The Kier molecular flexibility index (Phi) is 6.96. The van der Waals surface area contributed by atoms with Gasteiger partial charge in [0, 0.05) is 31.6 Å². The molecule has 0 atom stereocenters. The summed E-state index contributed by atoms with van der Waals surface area (Å²) in [6, 6.07) is 9.80. The van der Waals surface area contributed by atoms with Gasteiger partial charge in [-0.25, -0.2) is 9.18 Å². The van der Waals surface area contributed by atoms with Crippen molar-refractivity contribution >= 4 is 17.3 Å². The van der Waals surface area contributed by atoms with Crippen LogP contribution in [-0.4, -0.2) is 50.4 Å². The van der Waals surface area contributed by atoms with Crippen molar-refractivity contribution in [3.05, 3.63) is 64.0 Å². The molecule has 1 aliphatic heterocycles. The van der Waals surface area contributed by atoms with Crippen LogP contribution in [0, 0.1) is 15.9 Å². The summed E-state index contributed by atoms with van der Waals surface area (Å²) in [4.78, 5) is 25.1. The standard InChI is InChI=1S/C20H21FN2O6/c21-15-2-5-17(6-3-15)28-10-1-11-29-20(24)18-14-16(23(25)26)4-7-19(18)22-8-12-27-13-9-22/h2-7,14H,1,8-13H2. The average molecular weight is 404 g/mol. The van der Waals surface area contributed by atoms with Gasteiger partial charge in [-0.3, -0.25) is 10.1 Å². The van der Waals surface area contributed by atoms with Crippen LogP contribution in [0.25, 0.3) is 0 Å². The Bertz CT molecular complexity index is 853. The summed E-state index contributed by atoms with van der Waals surface area (Å²) in [6.07, 6.45) is 0.422. The number of esters is 1. The predicted octanol–water partition coefficient (Wildman–Crippen LogP) is 3.20. The van der Waals surface area contributed by atoms with Crippen LogP contribution in [0.1, 0.15) is 16.8 Å². The maximum Gasteiger partial charge on any atom is 0.340 e. The first-order valence-corrected chi connectivity index (χ1v) is 9.21. The van der Waals surface area contributed by atoms with Gasteiger partial charge in [0.15, 0.2) is 0 Å². The second kappa shape index (κ2) is 9.83. The fourth-order valence-electron chi connectivity index (χ4n) is 2.90. The molecule has 0 saturated carbocycles. The van der Waals surface area contributed by atoms with Gasteiger partial charge in [0.1, 0.15) is 11.6 Å². The second-order valence-electron chi connectivity index (χ2n) is 6.35. The second-order valence-corrected chi connectivity index (χ2v) is 6.35. The number of ether oxygens (including phenoxy) is 3. The van der Waals surface area contributed by atoms with Crippen molar-refractivity contribution in [3.63, 3.8) is 0 Å². The molecule has 2 aromatic carbocycles. The van der Waals surface area contributed by atoms with E-state index in [9.17, 15) is 19.3 Å². The molecule has 8 nitrogen and oxygen atoms in total. The number of halogens is 1. The van der Waals surface area contributed by atoms with E-state index in [2.05, 4.69) is 0 Å². The quantitative estimate of drug-likeness (QED) is 0.289. The molecule has 0 radical (unpaired) electrons. The molecule has 2 aromatic rings. The van der Waals surface area contributed by atoms with Crippen molar-refractivity contribution in [3.8, 4) is 5.75 Å². The van der Waals surface area contributed by atoms with Crippen LogP contribution < -0.4 is 9.64 Å². The summed E-state index contributed by atoms with van der Waals surface area (Å²) in [6.45, 7) is 2.58. The lowest BCUT2D eigenvalue weighted by Crippen LogP contribution is -2.37. The van der Waals surface area contributed by atoms with Crippen molar-refractivity contribution in [1.29, 1.82) is 0 Å². The number of nitrogens with zero attached hydrogens (tertiary/aromatic N) is 2. The van der Waals surface area contributed by atoms with E-state index in [1.54, 1.807) is 6.07 Å². The van der Waals surface area contributed by atoms with E-state index in [4.69, 9.17) is 14.2 Å². The Morgan fingerprint density at radius 2 is 1.86 bits per heavy atom. The molecular formula is C20H21FN2O6. The molecule has 1 saturated heterocycles. The first-order chi connectivity index (χ1) is 14.0. The van der Waals surface area contributed by atoms with Gasteiger partial charge in [-0.15, -0.1) is 0 Å². The van der Waals surface area contributed by atoms with Gasteiger partial charge in [-0.05, 0) is 30.3 Å². The van der Waals surface area contributed by atoms with Gasteiger partial charge >= 0.3 is 5.97 Å². The van der Waals surface area contributed by atoms with Crippen LogP contribution in [0.4, 0.5) is 15.8 Å². The average Bonchev–Trinajstić information content (AvgIpc) is 2.75. The highest BCUT2D eigenvalue weighted by atomic mass is 19.1. The minimum atomic E-state index is -0.628. The Balaban J connectivity index is 1.58. The molecule has 9 heteroatoms. The molecule has 154 valence electrons. The number of non-ortho nitro benzene ring substituents is 1. The van der Waals surface area contributed by atoms with Gasteiger partial charge < -0.3 is 19.1 Å². The fraction of sp³-hybridized carbons (Fsp3) is 0.350. The topological polar surface area (TPSA) is 91.1 Å². The molecule has 1 fully saturated rings. The number of anilines is 1. The molecular weight excluding hydrogens is 383 g/mol. The first-order valence-electron chi connectivity index (χ1n) is 9.21. The van der Waals surface area contributed by atoms with Gasteiger partial charge in [-0.1, -0.05) is 0 Å². The predicted molar refractivity (Wildman–Crippen MR) is 103 cm³/mol. The lowest BCUT2D eigenvalue weighted by atomic mass is 10.1. The van der Waals surface area contributed by atoms with Crippen LogP contribution in [0.5, 0.6) is 5.75 Å². The molecule has 1 aliphatic rings. The van der Waals surface area contributed by atoms with E-state index in [1.165, 1.54) is 36.4 Å². The third-order valence-corrected chi connectivity index (χ3v) is 4.37. The summed E-state index contributed by atoms with van der Waals surface area (Å²) < 4.78 is 28.9. The van der Waals surface area contributed by atoms with E-state index in [1.807, 2.05) is 4.90 Å². The number of morpholine rings is 1. The van der Waals surface area contributed by atoms with Crippen molar-refractivity contribution in [2.75, 3.05) is 44.4 Å². The van der Waals surface area contributed by atoms with E-state index in [-0.39, 0.29) is 30.3 Å². The SMILES string of the molecule is O=C(OCCCOc1ccc(F)cc1)c1cc([N+](=O)[O-])ccc1N1CCOCC1. The highest BCUT2D eigenvalue weighted by Gasteiger charge is 2.23. The third-order valence-electron chi connectivity index (χ3n) is 4.37. The Morgan fingerprint density at radius 3 is 2.55 bits per heavy atom. The normalized spacial score (nSPS) is 13.8. The molecule has 0 N–H and O–H groups in total. The van der Waals surface area contributed by atoms with E-state index in [0.29, 0.717) is 44.2 Å². The van der Waals surface area contributed by atoms with Gasteiger partial charge in [0.05, 0.1) is 42.6 Å². The van der Waals surface area contributed by atoms with Gasteiger partial charge in [-0.2, -0.15) is 0 Å². The van der Waals surface area contributed by atoms with Crippen LogP contribution in [0.2, 0.25) is 0 Å². The summed E-state index contributed by atoms with van der Waals surface area (Å²) in [5, 5.41) is 11.1. The van der Waals surface area contributed by atoms with Gasteiger partial charge in [0.2, 0.25) is 0 Å². The smallest absolute Gasteiger partial charge is 0.340 e. The first kappa shape index (κ1) is 20.5. The zero-order valence-corrected chi connectivity index (χ0v) is 15.7. The molecule has 1 heterocycles. The lowest BCUT2D eigenvalue weighted by molar-refractivity contribution is -0.384. The van der Waals surface area contributed by atoms with Crippen LogP contribution >= 0.6 is 0 Å². The largest absolute Gasteiger partial charge is 0.493 e. The summed E-state index contributed by atoms with van der Waals surface area (Å²) in [5.74, 6) is -0.456. The lowest BCUT2D eigenvalue weighted by Gasteiger charge is -2.30. The number of nitro groups is 1. The third kappa shape index (κ3) is 5.64. The maximum absolute atomic E-state index is 12.9. The zero-order valence-electron chi connectivity index (χ0n) is 15.7. The van der Waals surface area contributed by atoms with E-state index in [0.717, 1.165) is 0 Å². The highest BCUT2D eigenvalue weighted by molar-refractivity contribution is 5.96. The molecule has 0 amide bonds. The highest BCUT2D eigenvalue weighted by Crippen LogP contribution is 2.27. The number of rotatable bonds is 8. The molecule has 3 rings (SSSR count). The number of benzene rings is 2. The Labute approximate surface area is 166 Å². The van der Waals surface area contributed by atoms with Crippen LogP contribution in [-0.2, 0) is 9.47 Å². The van der Waals surface area contributed by atoms with Crippen LogP contribution in [0.15, 0.2) is 42.5 Å². The number of carbonyl (C=O) groups is 1. The van der Waals surface area contributed by atoms with Crippen molar-refractivity contribution in [1.82, 2.24) is 0 Å². The summed E-state index contributed by atoms with van der Waals surface area (Å²) in [5.41, 5.74) is 0.570. The fourth-order valence-corrected chi connectivity index (χ4v) is 2.90. The van der Waals surface area contributed by atoms with Crippen molar-refractivity contribution in [2.24, 2.45) is 0 Å². The molecule has 29 heavy (non-hydrogen) atoms. The molecule has 0 unspecified atom stereocenters. The van der Waals surface area contributed by atoms with E-state index < -0.39 is 10.9 Å². The zero-order chi connectivity index (χ0) is 20.6. The Morgan fingerprint density at radius 1 is 1.14 bits per heavy atom. The summed E-state index contributed by atoms with van der Waals surface area (Å²) >= 11 is 0. The maximum atomic E-state index is 12.9. The molecule has 0 aromatic heterocycles. The Hall–Kier alpha value is -3.20. The number of nitro benzene ring substituents is 1.